The standard InChI is InChI=1S/C21H15ClN2O2/c22-16-5-3-4-14(12-16)13-26-17-10-8-15(9-11-17)20-23-19-7-2-1-6-18(19)21(25)24-20/h1-12H,13H2,(H,23,24,25). The van der Waals surface area contributed by atoms with E-state index < -0.39 is 0 Å². The van der Waals surface area contributed by atoms with Crippen LogP contribution in [0.5, 0.6) is 5.75 Å². The Kier molecular flexibility index (Phi) is 4.42. The van der Waals surface area contributed by atoms with Crippen LogP contribution in [0.2, 0.25) is 5.02 Å². The normalized spacial score (nSPS) is 10.8. The number of halogens is 1. The van der Waals surface area contributed by atoms with Crippen molar-refractivity contribution in [3.63, 3.8) is 0 Å². The van der Waals surface area contributed by atoms with Crippen LogP contribution >= 0.6 is 11.6 Å². The number of fused-ring (bicyclic) bond motifs is 1. The lowest BCUT2D eigenvalue weighted by Gasteiger charge is -2.08. The van der Waals surface area contributed by atoms with Gasteiger partial charge in [0.05, 0.1) is 10.9 Å². The van der Waals surface area contributed by atoms with Crippen molar-refractivity contribution in [1.29, 1.82) is 0 Å². The molecule has 128 valence electrons. The van der Waals surface area contributed by atoms with Crippen molar-refractivity contribution in [1.82, 2.24) is 9.97 Å². The van der Waals surface area contributed by atoms with Gasteiger partial charge in [0.25, 0.3) is 5.56 Å². The van der Waals surface area contributed by atoms with Crippen molar-refractivity contribution in [2.75, 3.05) is 0 Å². The highest BCUT2D eigenvalue weighted by Crippen LogP contribution is 2.21. The lowest BCUT2D eigenvalue weighted by Crippen LogP contribution is -2.09. The number of benzene rings is 3. The number of rotatable bonds is 4. The monoisotopic (exact) mass is 362 g/mol. The van der Waals surface area contributed by atoms with Crippen LogP contribution in [-0.4, -0.2) is 9.97 Å². The summed E-state index contributed by atoms with van der Waals surface area (Å²) in [7, 11) is 0. The number of nitrogens with zero attached hydrogens (tertiary/aromatic N) is 1. The van der Waals surface area contributed by atoms with Gasteiger partial charge >= 0.3 is 0 Å². The van der Waals surface area contributed by atoms with Gasteiger partial charge < -0.3 is 9.72 Å². The van der Waals surface area contributed by atoms with E-state index in [2.05, 4.69) is 9.97 Å². The van der Waals surface area contributed by atoms with Gasteiger partial charge in [-0.3, -0.25) is 4.79 Å². The molecule has 0 amide bonds. The van der Waals surface area contributed by atoms with Crippen LogP contribution in [0.3, 0.4) is 0 Å². The molecule has 0 aliphatic heterocycles. The summed E-state index contributed by atoms with van der Waals surface area (Å²) < 4.78 is 5.78. The van der Waals surface area contributed by atoms with Gasteiger partial charge in [-0.05, 0) is 54.1 Å². The molecule has 4 nitrogen and oxygen atoms in total. The van der Waals surface area contributed by atoms with Crippen LogP contribution in [0.4, 0.5) is 0 Å². The minimum absolute atomic E-state index is 0.146. The maximum absolute atomic E-state index is 12.2. The molecular formula is C21H15ClN2O2. The first-order valence-corrected chi connectivity index (χ1v) is 8.53. The van der Waals surface area contributed by atoms with E-state index >= 15 is 0 Å². The zero-order valence-corrected chi connectivity index (χ0v) is 14.5. The van der Waals surface area contributed by atoms with E-state index in [9.17, 15) is 4.79 Å². The molecule has 5 heteroatoms. The van der Waals surface area contributed by atoms with Crippen molar-refractivity contribution >= 4 is 22.5 Å². The van der Waals surface area contributed by atoms with Crippen molar-refractivity contribution in [2.45, 2.75) is 6.61 Å². The van der Waals surface area contributed by atoms with Gasteiger partial charge in [0, 0.05) is 10.6 Å². The molecule has 4 aromatic rings. The predicted molar refractivity (Wildman–Crippen MR) is 104 cm³/mol. The Hall–Kier alpha value is -3.11. The highest BCUT2D eigenvalue weighted by molar-refractivity contribution is 6.30. The Labute approximate surface area is 155 Å². The first-order valence-electron chi connectivity index (χ1n) is 8.16. The van der Waals surface area contributed by atoms with Gasteiger partial charge in [-0.15, -0.1) is 0 Å². The molecule has 1 N–H and O–H groups in total. The molecular weight excluding hydrogens is 348 g/mol. The second-order valence-electron chi connectivity index (χ2n) is 5.87. The van der Waals surface area contributed by atoms with Crippen LogP contribution in [0, 0.1) is 0 Å². The van der Waals surface area contributed by atoms with Crippen molar-refractivity contribution in [3.8, 4) is 17.1 Å². The summed E-state index contributed by atoms with van der Waals surface area (Å²) in [6.45, 7) is 0.435. The van der Waals surface area contributed by atoms with Gasteiger partial charge in [0.2, 0.25) is 0 Å². The summed E-state index contributed by atoms with van der Waals surface area (Å²) in [5, 5.41) is 1.27. The number of ether oxygens (including phenoxy) is 1. The number of hydrogen-bond acceptors (Lipinski definition) is 3. The molecule has 0 saturated heterocycles. The van der Waals surface area contributed by atoms with Crippen molar-refractivity contribution in [3.05, 3.63) is 93.7 Å². The van der Waals surface area contributed by atoms with Gasteiger partial charge in [-0.25, -0.2) is 4.98 Å². The summed E-state index contributed by atoms with van der Waals surface area (Å²) in [6, 6.07) is 22.3. The number of aromatic nitrogens is 2. The fourth-order valence-electron chi connectivity index (χ4n) is 2.73. The van der Waals surface area contributed by atoms with E-state index in [-0.39, 0.29) is 5.56 Å². The third-order valence-corrected chi connectivity index (χ3v) is 4.27. The molecule has 0 unspecified atom stereocenters. The maximum atomic E-state index is 12.2. The van der Waals surface area contributed by atoms with E-state index in [4.69, 9.17) is 16.3 Å². The number of aromatic amines is 1. The average Bonchev–Trinajstić information content (AvgIpc) is 2.67. The van der Waals surface area contributed by atoms with E-state index in [0.717, 1.165) is 16.9 Å². The van der Waals surface area contributed by atoms with Gasteiger partial charge in [0.15, 0.2) is 0 Å². The largest absolute Gasteiger partial charge is 0.489 e. The predicted octanol–water partition coefficient (Wildman–Crippen LogP) is 4.82. The first kappa shape index (κ1) is 16.4. The van der Waals surface area contributed by atoms with Gasteiger partial charge in [0.1, 0.15) is 18.2 Å². The minimum atomic E-state index is -0.146. The number of para-hydroxylation sites is 1. The van der Waals surface area contributed by atoms with Crippen LogP contribution in [0.25, 0.3) is 22.3 Å². The van der Waals surface area contributed by atoms with Crippen molar-refractivity contribution in [2.24, 2.45) is 0 Å². The molecule has 1 heterocycles. The maximum Gasteiger partial charge on any atom is 0.259 e. The van der Waals surface area contributed by atoms with Crippen LogP contribution in [0.15, 0.2) is 77.6 Å². The summed E-state index contributed by atoms with van der Waals surface area (Å²) in [5.74, 6) is 1.27. The number of nitrogens with one attached hydrogen (secondary N) is 1. The molecule has 0 saturated carbocycles. The smallest absolute Gasteiger partial charge is 0.259 e. The summed E-state index contributed by atoms with van der Waals surface area (Å²) >= 11 is 5.98. The molecule has 26 heavy (non-hydrogen) atoms. The molecule has 1 aromatic heterocycles. The lowest BCUT2D eigenvalue weighted by molar-refractivity contribution is 0.306. The zero-order chi connectivity index (χ0) is 17.9. The molecule has 0 atom stereocenters. The fraction of sp³-hybridized carbons (Fsp3) is 0.0476. The number of H-pyrrole nitrogens is 1. The zero-order valence-electron chi connectivity index (χ0n) is 13.8. The summed E-state index contributed by atoms with van der Waals surface area (Å²) in [6.07, 6.45) is 0. The first-order chi connectivity index (χ1) is 12.7. The minimum Gasteiger partial charge on any atom is -0.489 e. The third kappa shape index (κ3) is 3.46. The summed E-state index contributed by atoms with van der Waals surface area (Å²) in [5.41, 5.74) is 2.35. The van der Waals surface area contributed by atoms with E-state index in [1.165, 1.54) is 0 Å². The molecule has 0 aliphatic rings. The second kappa shape index (κ2) is 7.02. The Bertz CT molecular complexity index is 1120. The highest BCUT2D eigenvalue weighted by atomic mass is 35.5. The van der Waals surface area contributed by atoms with Crippen LogP contribution in [-0.2, 0) is 6.61 Å². The van der Waals surface area contributed by atoms with Crippen LogP contribution < -0.4 is 10.3 Å². The number of hydrogen-bond donors (Lipinski definition) is 1. The molecule has 0 radical (unpaired) electrons. The summed E-state index contributed by atoms with van der Waals surface area (Å²) in [4.78, 5) is 19.6. The quantitative estimate of drug-likeness (QED) is 0.566. The molecule has 0 aliphatic carbocycles. The van der Waals surface area contributed by atoms with Gasteiger partial charge in [-0.1, -0.05) is 35.9 Å². The van der Waals surface area contributed by atoms with Crippen LogP contribution in [0.1, 0.15) is 5.56 Å². The topological polar surface area (TPSA) is 55.0 Å². The Morgan fingerprint density at radius 1 is 0.962 bits per heavy atom. The molecule has 4 rings (SSSR count). The lowest BCUT2D eigenvalue weighted by atomic mass is 10.2. The fourth-order valence-corrected chi connectivity index (χ4v) is 2.94. The Balaban J connectivity index is 1.55. The molecule has 0 bridgehead atoms. The molecule has 0 fully saturated rings. The second-order valence-corrected chi connectivity index (χ2v) is 6.31. The van der Waals surface area contributed by atoms with E-state index in [1.807, 2.05) is 66.7 Å². The van der Waals surface area contributed by atoms with Crippen molar-refractivity contribution < 1.29 is 4.74 Å². The highest BCUT2D eigenvalue weighted by Gasteiger charge is 2.06. The Morgan fingerprint density at radius 2 is 1.77 bits per heavy atom. The third-order valence-electron chi connectivity index (χ3n) is 4.04. The molecule has 3 aromatic carbocycles. The SMILES string of the molecule is O=c1[nH]c(-c2ccc(OCc3cccc(Cl)c3)cc2)nc2ccccc12. The van der Waals surface area contributed by atoms with Gasteiger partial charge in [-0.2, -0.15) is 0 Å². The van der Waals surface area contributed by atoms with E-state index in [1.54, 1.807) is 6.07 Å². The Morgan fingerprint density at radius 3 is 2.58 bits per heavy atom. The van der Waals surface area contributed by atoms with E-state index in [0.29, 0.717) is 28.4 Å². The average molecular weight is 363 g/mol. The molecule has 0 spiro atoms.